The molecule has 3 rings (SSSR count). The third-order valence-corrected chi connectivity index (χ3v) is 3.70. The van der Waals surface area contributed by atoms with Crippen LogP contribution in [0, 0.1) is 6.92 Å². The van der Waals surface area contributed by atoms with Crippen LogP contribution in [-0.2, 0) is 6.42 Å². The monoisotopic (exact) mass is 255 g/mol. The van der Waals surface area contributed by atoms with E-state index in [0.29, 0.717) is 11.7 Å². The minimum Gasteiger partial charge on any atom is -0.369 e. The molecule has 0 bridgehead atoms. The summed E-state index contributed by atoms with van der Waals surface area (Å²) in [6.45, 7) is 2.84. The van der Waals surface area contributed by atoms with Gasteiger partial charge in [-0.25, -0.2) is 15.8 Å². The quantitative estimate of drug-likeness (QED) is 0.574. The molecule has 1 aromatic heterocycles. The summed E-state index contributed by atoms with van der Waals surface area (Å²) in [6.07, 6.45) is 2.65. The van der Waals surface area contributed by atoms with Gasteiger partial charge in [-0.3, -0.25) is 0 Å². The summed E-state index contributed by atoms with van der Waals surface area (Å²) in [5, 5.41) is 3.38. The van der Waals surface area contributed by atoms with Crippen molar-refractivity contribution in [3.05, 3.63) is 47.3 Å². The summed E-state index contributed by atoms with van der Waals surface area (Å²) < 4.78 is 0. The fraction of sp³-hybridized carbons (Fsp3) is 0.286. The largest absolute Gasteiger partial charge is 0.369 e. The smallest absolute Gasteiger partial charge is 0.148 e. The summed E-state index contributed by atoms with van der Waals surface area (Å²) in [5.41, 5.74) is 6.42. The van der Waals surface area contributed by atoms with E-state index in [1.165, 1.54) is 17.5 Å². The van der Waals surface area contributed by atoms with E-state index in [4.69, 9.17) is 5.84 Å². The van der Waals surface area contributed by atoms with Crippen LogP contribution in [0.15, 0.2) is 30.6 Å². The minimum absolute atomic E-state index is 0.569. The normalized spacial score (nSPS) is 16.4. The Morgan fingerprint density at radius 2 is 2.05 bits per heavy atom. The Balaban J connectivity index is 1.68. The molecule has 0 amide bonds. The third kappa shape index (κ3) is 2.13. The zero-order valence-corrected chi connectivity index (χ0v) is 10.9. The molecule has 0 fully saturated rings. The lowest BCUT2D eigenvalue weighted by Gasteiger charge is -2.30. The molecule has 0 saturated carbocycles. The first-order chi connectivity index (χ1) is 9.29. The molecule has 1 aromatic carbocycles. The van der Waals surface area contributed by atoms with Crippen LogP contribution in [0.3, 0.4) is 0 Å². The van der Waals surface area contributed by atoms with E-state index < -0.39 is 0 Å². The molecule has 19 heavy (non-hydrogen) atoms. The lowest BCUT2D eigenvalue weighted by molar-refractivity contribution is 0.634. The fourth-order valence-electron chi connectivity index (χ4n) is 2.54. The van der Waals surface area contributed by atoms with Gasteiger partial charge in [-0.05, 0) is 24.5 Å². The summed E-state index contributed by atoms with van der Waals surface area (Å²) in [5.74, 6) is 7.48. The highest BCUT2D eigenvalue weighted by Crippen LogP contribution is 2.34. The van der Waals surface area contributed by atoms with Crippen LogP contribution < -0.4 is 16.6 Å². The van der Waals surface area contributed by atoms with E-state index in [-0.39, 0.29) is 0 Å². The maximum atomic E-state index is 5.41. The molecule has 0 saturated heterocycles. The van der Waals surface area contributed by atoms with Gasteiger partial charge < -0.3 is 10.7 Å². The summed E-state index contributed by atoms with van der Waals surface area (Å²) in [4.78, 5) is 8.32. The zero-order valence-electron chi connectivity index (χ0n) is 10.9. The van der Waals surface area contributed by atoms with Crippen molar-refractivity contribution in [3.63, 3.8) is 0 Å². The standard InChI is InChI=1S/C14H17N5/c1-9-13(17-8-18-14(9)19-15)16-7-11-6-10-4-2-3-5-12(10)11/h2-5,8,11H,6-7,15H2,1H3,(H2,16,17,18,19). The second kappa shape index (κ2) is 4.85. The number of benzene rings is 1. The van der Waals surface area contributed by atoms with E-state index in [2.05, 4.69) is 45.0 Å². The van der Waals surface area contributed by atoms with Crippen molar-refractivity contribution in [1.29, 1.82) is 0 Å². The van der Waals surface area contributed by atoms with Crippen molar-refractivity contribution >= 4 is 11.6 Å². The highest BCUT2D eigenvalue weighted by atomic mass is 15.3. The number of hydrogen-bond donors (Lipinski definition) is 3. The van der Waals surface area contributed by atoms with Gasteiger partial charge in [0.2, 0.25) is 0 Å². The number of fused-ring (bicyclic) bond motifs is 1. The highest BCUT2D eigenvalue weighted by molar-refractivity contribution is 5.56. The van der Waals surface area contributed by atoms with E-state index in [1.807, 2.05) is 6.92 Å². The summed E-state index contributed by atoms with van der Waals surface area (Å²) in [7, 11) is 0. The molecule has 5 heteroatoms. The number of nitrogens with one attached hydrogen (secondary N) is 2. The SMILES string of the molecule is Cc1c(NN)ncnc1NCC1Cc2ccccc21. The summed E-state index contributed by atoms with van der Waals surface area (Å²) >= 11 is 0. The zero-order chi connectivity index (χ0) is 13.2. The molecule has 1 heterocycles. The van der Waals surface area contributed by atoms with Crippen LogP contribution in [0.5, 0.6) is 0 Å². The Kier molecular flexibility index (Phi) is 3.05. The Labute approximate surface area is 112 Å². The van der Waals surface area contributed by atoms with Crippen LogP contribution in [0.4, 0.5) is 11.6 Å². The molecule has 1 aliphatic carbocycles. The molecule has 2 aromatic rings. The van der Waals surface area contributed by atoms with Crippen molar-refractivity contribution in [2.75, 3.05) is 17.3 Å². The molecule has 0 aliphatic heterocycles. The van der Waals surface area contributed by atoms with Crippen molar-refractivity contribution in [3.8, 4) is 0 Å². The molecular weight excluding hydrogens is 238 g/mol. The summed E-state index contributed by atoms with van der Waals surface area (Å²) in [6, 6.07) is 8.58. The Hall–Kier alpha value is -2.14. The first-order valence-electron chi connectivity index (χ1n) is 6.39. The van der Waals surface area contributed by atoms with Gasteiger partial charge in [-0.2, -0.15) is 0 Å². The molecule has 0 spiro atoms. The molecule has 1 aliphatic rings. The van der Waals surface area contributed by atoms with Crippen molar-refractivity contribution in [1.82, 2.24) is 9.97 Å². The van der Waals surface area contributed by atoms with Crippen LogP contribution in [0.1, 0.15) is 22.6 Å². The number of hydrogen-bond acceptors (Lipinski definition) is 5. The van der Waals surface area contributed by atoms with Crippen LogP contribution in [0.25, 0.3) is 0 Å². The number of nitrogens with two attached hydrogens (primary N) is 1. The Morgan fingerprint density at radius 1 is 1.26 bits per heavy atom. The van der Waals surface area contributed by atoms with Crippen molar-refractivity contribution < 1.29 is 0 Å². The van der Waals surface area contributed by atoms with E-state index in [0.717, 1.165) is 24.3 Å². The molecule has 1 unspecified atom stereocenters. The Bertz CT molecular complexity index is 596. The van der Waals surface area contributed by atoms with Crippen molar-refractivity contribution in [2.24, 2.45) is 5.84 Å². The number of anilines is 2. The van der Waals surface area contributed by atoms with E-state index >= 15 is 0 Å². The lowest BCUT2D eigenvalue weighted by atomic mass is 9.77. The molecule has 98 valence electrons. The number of nitrogen functional groups attached to an aromatic ring is 1. The maximum Gasteiger partial charge on any atom is 0.148 e. The van der Waals surface area contributed by atoms with Gasteiger partial charge in [0.1, 0.15) is 18.0 Å². The predicted octanol–water partition coefficient (Wildman–Crippen LogP) is 1.82. The topological polar surface area (TPSA) is 75.9 Å². The first kappa shape index (κ1) is 11.9. The first-order valence-corrected chi connectivity index (χ1v) is 6.39. The molecule has 0 radical (unpaired) electrons. The number of rotatable bonds is 4. The second-order valence-corrected chi connectivity index (χ2v) is 4.82. The average molecular weight is 255 g/mol. The van der Waals surface area contributed by atoms with Crippen LogP contribution in [0.2, 0.25) is 0 Å². The highest BCUT2D eigenvalue weighted by Gasteiger charge is 2.25. The van der Waals surface area contributed by atoms with Gasteiger partial charge >= 0.3 is 0 Å². The van der Waals surface area contributed by atoms with Gasteiger partial charge in [-0.15, -0.1) is 0 Å². The average Bonchev–Trinajstić information content (AvgIpc) is 2.41. The number of hydrazine groups is 1. The predicted molar refractivity (Wildman–Crippen MR) is 76.0 cm³/mol. The number of nitrogens with zero attached hydrogens (tertiary/aromatic N) is 2. The molecule has 5 nitrogen and oxygen atoms in total. The van der Waals surface area contributed by atoms with Crippen molar-refractivity contribution in [2.45, 2.75) is 19.3 Å². The molecule has 1 atom stereocenters. The third-order valence-electron chi connectivity index (χ3n) is 3.70. The van der Waals surface area contributed by atoms with E-state index in [9.17, 15) is 0 Å². The van der Waals surface area contributed by atoms with Gasteiger partial charge in [0.05, 0.1) is 0 Å². The van der Waals surface area contributed by atoms with E-state index in [1.54, 1.807) is 0 Å². The molecule has 4 N–H and O–H groups in total. The number of aromatic nitrogens is 2. The van der Waals surface area contributed by atoms with Crippen LogP contribution >= 0.6 is 0 Å². The van der Waals surface area contributed by atoms with Gasteiger partial charge in [0.15, 0.2) is 0 Å². The van der Waals surface area contributed by atoms with Gasteiger partial charge in [-0.1, -0.05) is 24.3 Å². The fourth-order valence-corrected chi connectivity index (χ4v) is 2.54. The molecular formula is C14H17N5. The maximum absolute atomic E-state index is 5.41. The second-order valence-electron chi connectivity index (χ2n) is 4.82. The lowest BCUT2D eigenvalue weighted by Crippen LogP contribution is -2.25. The van der Waals surface area contributed by atoms with Gasteiger partial charge in [0.25, 0.3) is 0 Å². The minimum atomic E-state index is 0.569. The van der Waals surface area contributed by atoms with Crippen LogP contribution in [-0.4, -0.2) is 16.5 Å². The Morgan fingerprint density at radius 3 is 2.84 bits per heavy atom. The van der Waals surface area contributed by atoms with Gasteiger partial charge in [0, 0.05) is 18.0 Å².